The second-order valence-electron chi connectivity index (χ2n) is 4.81. The van der Waals surface area contributed by atoms with Gasteiger partial charge in [0.05, 0.1) is 6.04 Å². The largest absolute Gasteiger partial charge is 0.350 e. The molecule has 1 heterocycles. The maximum absolute atomic E-state index is 9.89. The van der Waals surface area contributed by atoms with Crippen LogP contribution >= 0.6 is 11.6 Å². The fourth-order valence-corrected chi connectivity index (χ4v) is 1.74. The Bertz CT molecular complexity index is 622. The van der Waals surface area contributed by atoms with Crippen LogP contribution in [0.15, 0.2) is 24.3 Å². The van der Waals surface area contributed by atoms with E-state index in [1.54, 1.807) is 26.0 Å². The fourth-order valence-electron chi connectivity index (χ4n) is 1.61. The zero-order valence-electron chi connectivity index (χ0n) is 12.2. The SMILES string of the molecule is CC(C)N(O)c1nc(NO)nc(NCc2ccc(Cl)cc2)n1. The summed E-state index contributed by atoms with van der Waals surface area (Å²) in [5.74, 6) is 0.180. The van der Waals surface area contributed by atoms with Crippen molar-refractivity contribution in [2.45, 2.75) is 26.4 Å². The van der Waals surface area contributed by atoms with Gasteiger partial charge in [0.15, 0.2) is 0 Å². The number of rotatable bonds is 6. The van der Waals surface area contributed by atoms with Crippen molar-refractivity contribution in [2.75, 3.05) is 15.9 Å². The van der Waals surface area contributed by atoms with Crippen LogP contribution in [0.5, 0.6) is 0 Å². The van der Waals surface area contributed by atoms with Crippen LogP contribution in [0.2, 0.25) is 5.02 Å². The first-order valence-electron chi connectivity index (χ1n) is 6.62. The van der Waals surface area contributed by atoms with Gasteiger partial charge in [0, 0.05) is 11.6 Å². The normalized spacial score (nSPS) is 10.6. The number of nitrogens with zero attached hydrogens (tertiary/aromatic N) is 4. The molecule has 0 spiro atoms. The first-order valence-corrected chi connectivity index (χ1v) is 7.00. The number of anilines is 3. The van der Waals surface area contributed by atoms with Crippen molar-refractivity contribution in [3.8, 4) is 0 Å². The molecule has 0 aliphatic carbocycles. The first-order chi connectivity index (χ1) is 10.5. The highest BCUT2D eigenvalue weighted by molar-refractivity contribution is 6.30. The summed E-state index contributed by atoms with van der Waals surface area (Å²) >= 11 is 5.83. The molecule has 8 nitrogen and oxygen atoms in total. The summed E-state index contributed by atoms with van der Waals surface area (Å²) in [4.78, 5) is 11.9. The number of nitrogens with one attached hydrogen (secondary N) is 2. The summed E-state index contributed by atoms with van der Waals surface area (Å²) < 4.78 is 0. The molecule has 0 radical (unpaired) electrons. The van der Waals surface area contributed by atoms with Crippen LogP contribution in [-0.4, -0.2) is 31.4 Å². The highest BCUT2D eigenvalue weighted by Gasteiger charge is 2.14. The lowest BCUT2D eigenvalue weighted by atomic mass is 10.2. The minimum absolute atomic E-state index is 0.0279. The smallest absolute Gasteiger partial charge is 0.256 e. The van der Waals surface area contributed by atoms with Crippen molar-refractivity contribution in [3.05, 3.63) is 34.9 Å². The van der Waals surface area contributed by atoms with Gasteiger partial charge in [-0.15, -0.1) is 0 Å². The molecular weight excluding hydrogens is 308 g/mol. The molecule has 2 rings (SSSR count). The van der Waals surface area contributed by atoms with Crippen molar-refractivity contribution in [1.82, 2.24) is 15.0 Å². The van der Waals surface area contributed by atoms with Crippen LogP contribution in [0.25, 0.3) is 0 Å². The van der Waals surface area contributed by atoms with Crippen LogP contribution in [0.4, 0.5) is 17.8 Å². The molecule has 0 amide bonds. The molecule has 9 heteroatoms. The second kappa shape index (κ2) is 7.21. The van der Waals surface area contributed by atoms with Gasteiger partial charge in [-0.2, -0.15) is 15.0 Å². The number of halogens is 1. The van der Waals surface area contributed by atoms with E-state index in [9.17, 15) is 5.21 Å². The molecule has 0 saturated heterocycles. The van der Waals surface area contributed by atoms with Crippen molar-refractivity contribution < 1.29 is 10.4 Å². The van der Waals surface area contributed by atoms with Crippen LogP contribution in [0.1, 0.15) is 19.4 Å². The average molecular weight is 325 g/mol. The quantitative estimate of drug-likeness (QED) is 0.601. The molecule has 1 aromatic heterocycles. The molecule has 0 fully saturated rings. The topological polar surface area (TPSA) is 106 Å². The van der Waals surface area contributed by atoms with Crippen molar-refractivity contribution in [3.63, 3.8) is 0 Å². The average Bonchev–Trinajstić information content (AvgIpc) is 2.53. The Balaban J connectivity index is 2.15. The Morgan fingerprint density at radius 2 is 1.77 bits per heavy atom. The first kappa shape index (κ1) is 16.2. The van der Waals surface area contributed by atoms with Crippen LogP contribution in [0.3, 0.4) is 0 Å². The van der Waals surface area contributed by atoms with Crippen molar-refractivity contribution in [2.24, 2.45) is 0 Å². The Hall–Kier alpha value is -2.16. The molecule has 4 N–H and O–H groups in total. The standard InChI is InChI=1S/C13H17ClN6O2/c1-8(2)20(22)13-17-11(16-12(18-13)19-21)15-7-9-3-5-10(14)6-4-9/h3-6,8,21-22H,7H2,1-2H3,(H2,15,16,17,18,19). The Morgan fingerprint density at radius 1 is 1.14 bits per heavy atom. The molecule has 0 aliphatic heterocycles. The molecule has 0 unspecified atom stereocenters. The van der Waals surface area contributed by atoms with Gasteiger partial charge in [-0.3, -0.25) is 10.4 Å². The molecule has 22 heavy (non-hydrogen) atoms. The van der Waals surface area contributed by atoms with Gasteiger partial charge in [-0.25, -0.2) is 10.5 Å². The third-order valence-corrected chi connectivity index (χ3v) is 3.03. The number of hydrogen-bond acceptors (Lipinski definition) is 8. The van der Waals surface area contributed by atoms with Gasteiger partial charge in [0.25, 0.3) is 11.9 Å². The summed E-state index contributed by atoms with van der Waals surface area (Å²) in [5.41, 5.74) is 2.83. The van der Waals surface area contributed by atoms with E-state index >= 15 is 0 Å². The molecule has 118 valence electrons. The van der Waals surface area contributed by atoms with E-state index in [0.29, 0.717) is 11.6 Å². The van der Waals surface area contributed by atoms with E-state index in [0.717, 1.165) is 10.6 Å². The Morgan fingerprint density at radius 3 is 2.36 bits per heavy atom. The Kier molecular flexibility index (Phi) is 5.31. The van der Waals surface area contributed by atoms with Gasteiger partial charge >= 0.3 is 0 Å². The van der Waals surface area contributed by atoms with E-state index in [-0.39, 0.29) is 23.9 Å². The van der Waals surface area contributed by atoms with Gasteiger partial charge < -0.3 is 5.32 Å². The fraction of sp³-hybridized carbons (Fsp3) is 0.308. The van der Waals surface area contributed by atoms with Crippen LogP contribution in [-0.2, 0) is 6.54 Å². The zero-order valence-corrected chi connectivity index (χ0v) is 12.9. The lowest BCUT2D eigenvalue weighted by molar-refractivity contribution is 0.222. The second-order valence-corrected chi connectivity index (χ2v) is 5.25. The number of hydroxylamine groups is 1. The predicted molar refractivity (Wildman–Crippen MR) is 83.4 cm³/mol. The number of aromatic nitrogens is 3. The summed E-state index contributed by atoms with van der Waals surface area (Å²) in [7, 11) is 0. The van der Waals surface area contributed by atoms with E-state index in [1.165, 1.54) is 0 Å². The Labute approximate surface area is 132 Å². The van der Waals surface area contributed by atoms with Crippen LogP contribution in [0, 0.1) is 0 Å². The summed E-state index contributed by atoms with van der Waals surface area (Å²) in [6.07, 6.45) is 0. The minimum atomic E-state index is -0.224. The van der Waals surface area contributed by atoms with Crippen molar-refractivity contribution in [1.29, 1.82) is 0 Å². The van der Waals surface area contributed by atoms with Gasteiger partial charge in [0.2, 0.25) is 5.95 Å². The van der Waals surface area contributed by atoms with E-state index in [1.807, 2.05) is 17.6 Å². The lowest BCUT2D eigenvalue weighted by Crippen LogP contribution is -2.29. The molecular formula is C13H17ClN6O2. The maximum Gasteiger partial charge on any atom is 0.256 e. The molecule has 0 saturated carbocycles. The van der Waals surface area contributed by atoms with Crippen LogP contribution < -0.4 is 15.9 Å². The van der Waals surface area contributed by atoms with Gasteiger partial charge in [-0.1, -0.05) is 23.7 Å². The zero-order chi connectivity index (χ0) is 16.1. The third-order valence-electron chi connectivity index (χ3n) is 2.78. The maximum atomic E-state index is 9.89. The van der Waals surface area contributed by atoms with E-state index in [2.05, 4.69) is 20.3 Å². The van der Waals surface area contributed by atoms with Gasteiger partial charge in [-0.05, 0) is 31.5 Å². The number of benzene rings is 1. The van der Waals surface area contributed by atoms with E-state index < -0.39 is 0 Å². The highest BCUT2D eigenvalue weighted by atomic mass is 35.5. The van der Waals surface area contributed by atoms with E-state index in [4.69, 9.17) is 16.8 Å². The lowest BCUT2D eigenvalue weighted by Gasteiger charge is -2.19. The highest BCUT2D eigenvalue weighted by Crippen LogP contribution is 2.15. The monoisotopic (exact) mass is 324 g/mol. The van der Waals surface area contributed by atoms with Crippen molar-refractivity contribution >= 4 is 29.4 Å². The molecule has 0 aliphatic rings. The summed E-state index contributed by atoms with van der Waals surface area (Å²) in [6, 6.07) is 7.08. The molecule has 0 bridgehead atoms. The predicted octanol–water partition coefficient (Wildman–Crippen LogP) is 2.54. The molecule has 1 aromatic carbocycles. The molecule has 0 atom stereocenters. The van der Waals surface area contributed by atoms with Gasteiger partial charge in [0.1, 0.15) is 0 Å². The molecule has 2 aromatic rings. The number of hydrogen-bond donors (Lipinski definition) is 4. The third kappa shape index (κ3) is 4.17. The minimum Gasteiger partial charge on any atom is -0.350 e. The summed E-state index contributed by atoms with van der Waals surface area (Å²) in [5, 5.41) is 23.4. The summed E-state index contributed by atoms with van der Waals surface area (Å²) in [6.45, 7) is 4.01.